The van der Waals surface area contributed by atoms with Crippen LogP contribution < -0.4 is 9.46 Å². The Morgan fingerprint density at radius 3 is 2.40 bits per heavy atom. The maximum Gasteiger partial charge on any atom is 0.280 e. The van der Waals surface area contributed by atoms with Crippen LogP contribution in [0.15, 0.2) is 41.8 Å². The maximum absolute atomic E-state index is 12.1. The highest BCUT2D eigenvalue weighted by Gasteiger charge is 2.16. The third-order valence-electron chi connectivity index (χ3n) is 2.43. The van der Waals surface area contributed by atoms with Crippen molar-refractivity contribution >= 4 is 15.7 Å². The van der Waals surface area contributed by atoms with Gasteiger partial charge in [0.1, 0.15) is 5.75 Å². The van der Waals surface area contributed by atoms with Gasteiger partial charge in [0.25, 0.3) is 10.0 Å². The van der Waals surface area contributed by atoms with Crippen molar-refractivity contribution in [3.8, 4) is 5.75 Å². The zero-order chi connectivity index (χ0) is 14.8. The summed E-state index contributed by atoms with van der Waals surface area (Å²) < 4.78 is 33.7. The summed E-state index contributed by atoms with van der Waals surface area (Å²) in [6.45, 7) is 3.86. The molecule has 0 aliphatic heterocycles. The minimum atomic E-state index is -3.65. The van der Waals surface area contributed by atoms with Crippen LogP contribution in [0.25, 0.3) is 0 Å². The van der Waals surface area contributed by atoms with Crippen molar-refractivity contribution in [2.24, 2.45) is 7.05 Å². The first-order chi connectivity index (χ1) is 9.37. The molecule has 0 saturated heterocycles. The van der Waals surface area contributed by atoms with Crippen LogP contribution in [0, 0.1) is 0 Å². The van der Waals surface area contributed by atoms with Gasteiger partial charge >= 0.3 is 0 Å². The number of ether oxygens (including phenoxy) is 1. The number of anilines is 1. The third kappa shape index (κ3) is 3.51. The predicted molar refractivity (Wildman–Crippen MR) is 76.2 cm³/mol. The van der Waals surface area contributed by atoms with Crippen molar-refractivity contribution in [3.63, 3.8) is 0 Å². The lowest BCUT2D eigenvalue weighted by Crippen LogP contribution is -2.13. The predicted octanol–water partition coefficient (Wildman–Crippen LogP) is 2.01. The molecule has 0 saturated carbocycles. The quantitative estimate of drug-likeness (QED) is 0.915. The van der Waals surface area contributed by atoms with Crippen LogP contribution in [0.5, 0.6) is 5.75 Å². The maximum atomic E-state index is 12.1. The summed E-state index contributed by atoms with van der Waals surface area (Å²) in [4.78, 5) is 3.83. The molecule has 20 heavy (non-hydrogen) atoms. The van der Waals surface area contributed by atoms with Crippen LogP contribution in [0.2, 0.25) is 0 Å². The van der Waals surface area contributed by atoms with E-state index in [1.807, 2.05) is 13.8 Å². The smallest absolute Gasteiger partial charge is 0.280 e. The highest BCUT2D eigenvalue weighted by atomic mass is 32.2. The molecule has 0 radical (unpaired) electrons. The number of sulfonamides is 1. The van der Waals surface area contributed by atoms with Crippen molar-refractivity contribution < 1.29 is 13.2 Å². The van der Waals surface area contributed by atoms with Gasteiger partial charge in [0, 0.05) is 18.9 Å². The number of nitrogens with zero attached hydrogens (tertiary/aromatic N) is 2. The molecule has 0 bridgehead atoms. The van der Waals surface area contributed by atoms with Crippen molar-refractivity contribution in [1.29, 1.82) is 0 Å². The van der Waals surface area contributed by atoms with Crippen molar-refractivity contribution in [1.82, 2.24) is 9.55 Å². The Hall–Kier alpha value is -2.02. The molecule has 2 rings (SSSR count). The van der Waals surface area contributed by atoms with Crippen LogP contribution in [0.1, 0.15) is 13.8 Å². The third-order valence-corrected chi connectivity index (χ3v) is 3.70. The molecule has 0 unspecified atom stereocenters. The standard InChI is InChI=1S/C13H17N3O3S/c1-10(2)19-12-6-4-11(5-7-12)15-20(17,18)13-8-16(3)9-14-13/h4-10,15H,1-3H3. The largest absolute Gasteiger partial charge is 0.491 e. The lowest BCUT2D eigenvalue weighted by atomic mass is 10.3. The minimum Gasteiger partial charge on any atom is -0.491 e. The highest BCUT2D eigenvalue weighted by Crippen LogP contribution is 2.19. The van der Waals surface area contributed by atoms with Gasteiger partial charge in [-0.15, -0.1) is 0 Å². The highest BCUT2D eigenvalue weighted by molar-refractivity contribution is 7.92. The molecule has 1 aromatic carbocycles. The number of hydrogen-bond donors (Lipinski definition) is 1. The fraction of sp³-hybridized carbons (Fsp3) is 0.308. The molecule has 1 heterocycles. The number of benzene rings is 1. The normalized spacial score (nSPS) is 11.6. The first kappa shape index (κ1) is 14.4. The van der Waals surface area contributed by atoms with E-state index in [4.69, 9.17) is 4.74 Å². The van der Waals surface area contributed by atoms with E-state index < -0.39 is 10.0 Å². The van der Waals surface area contributed by atoms with Crippen molar-refractivity contribution in [2.45, 2.75) is 25.0 Å². The molecular formula is C13H17N3O3S. The van der Waals surface area contributed by atoms with Gasteiger partial charge in [0.15, 0.2) is 5.03 Å². The van der Waals surface area contributed by atoms with Gasteiger partial charge < -0.3 is 9.30 Å². The van der Waals surface area contributed by atoms with Crippen molar-refractivity contribution in [2.75, 3.05) is 4.72 Å². The fourth-order valence-corrected chi connectivity index (χ4v) is 2.65. The molecule has 7 heteroatoms. The Kier molecular flexibility index (Phi) is 3.99. The molecule has 108 valence electrons. The molecule has 0 amide bonds. The molecule has 0 atom stereocenters. The molecule has 0 fully saturated rings. The van der Waals surface area contributed by atoms with E-state index in [0.29, 0.717) is 11.4 Å². The van der Waals surface area contributed by atoms with Crippen molar-refractivity contribution in [3.05, 3.63) is 36.8 Å². The van der Waals surface area contributed by atoms with E-state index in [0.717, 1.165) is 0 Å². The number of nitrogens with one attached hydrogen (secondary N) is 1. The monoisotopic (exact) mass is 295 g/mol. The summed E-state index contributed by atoms with van der Waals surface area (Å²) in [6, 6.07) is 6.74. The molecule has 1 N–H and O–H groups in total. The number of aromatic nitrogens is 2. The summed E-state index contributed by atoms with van der Waals surface area (Å²) in [5, 5.41) is -0.0116. The fourth-order valence-electron chi connectivity index (χ4n) is 1.61. The van der Waals surface area contributed by atoms with Crippen LogP contribution in [0.3, 0.4) is 0 Å². The Bertz CT molecular complexity index is 675. The second-order valence-electron chi connectivity index (χ2n) is 4.67. The van der Waals surface area contributed by atoms with Gasteiger partial charge in [-0.2, -0.15) is 8.42 Å². The zero-order valence-corrected chi connectivity index (χ0v) is 12.4. The Morgan fingerprint density at radius 1 is 1.25 bits per heavy atom. The van der Waals surface area contributed by atoms with E-state index in [-0.39, 0.29) is 11.1 Å². The number of aryl methyl sites for hydroxylation is 1. The second-order valence-corrected chi connectivity index (χ2v) is 6.30. The van der Waals surface area contributed by atoms with Gasteiger partial charge in [-0.1, -0.05) is 0 Å². The number of imidazole rings is 1. The molecule has 0 aliphatic carbocycles. The molecule has 0 aliphatic rings. The van der Waals surface area contributed by atoms with Crippen LogP contribution in [-0.2, 0) is 17.1 Å². The zero-order valence-electron chi connectivity index (χ0n) is 11.6. The molecular weight excluding hydrogens is 278 g/mol. The SMILES string of the molecule is CC(C)Oc1ccc(NS(=O)(=O)c2cn(C)cn2)cc1. The molecule has 6 nitrogen and oxygen atoms in total. The van der Waals surface area contributed by atoms with E-state index in [1.54, 1.807) is 35.9 Å². The second kappa shape index (κ2) is 5.54. The minimum absolute atomic E-state index is 0.0116. The number of hydrogen-bond acceptors (Lipinski definition) is 4. The molecule has 2 aromatic rings. The van der Waals surface area contributed by atoms with Gasteiger partial charge in [0.05, 0.1) is 12.4 Å². The topological polar surface area (TPSA) is 73.2 Å². The van der Waals surface area contributed by atoms with Gasteiger partial charge in [0.2, 0.25) is 0 Å². The van der Waals surface area contributed by atoms with E-state index >= 15 is 0 Å². The summed E-state index contributed by atoms with van der Waals surface area (Å²) in [6.07, 6.45) is 2.96. The van der Waals surface area contributed by atoms with E-state index in [2.05, 4.69) is 9.71 Å². The van der Waals surface area contributed by atoms with Crippen LogP contribution in [0.4, 0.5) is 5.69 Å². The summed E-state index contributed by atoms with van der Waals surface area (Å²) >= 11 is 0. The molecule has 0 spiro atoms. The van der Waals surface area contributed by atoms with E-state index in [9.17, 15) is 8.42 Å². The Balaban J connectivity index is 2.13. The van der Waals surface area contributed by atoms with Crippen LogP contribution >= 0.6 is 0 Å². The van der Waals surface area contributed by atoms with E-state index in [1.165, 1.54) is 12.5 Å². The number of rotatable bonds is 5. The van der Waals surface area contributed by atoms with Crippen LogP contribution in [-0.4, -0.2) is 24.1 Å². The first-order valence-electron chi connectivity index (χ1n) is 6.14. The van der Waals surface area contributed by atoms with Gasteiger partial charge in [-0.3, -0.25) is 4.72 Å². The molecule has 1 aromatic heterocycles. The lowest BCUT2D eigenvalue weighted by Gasteiger charge is -2.10. The van der Waals surface area contributed by atoms with Gasteiger partial charge in [-0.25, -0.2) is 4.98 Å². The summed E-state index contributed by atoms with van der Waals surface area (Å²) in [7, 11) is -1.94. The average Bonchev–Trinajstić information content (AvgIpc) is 2.78. The average molecular weight is 295 g/mol. The lowest BCUT2D eigenvalue weighted by molar-refractivity contribution is 0.242. The van der Waals surface area contributed by atoms with Gasteiger partial charge in [-0.05, 0) is 38.1 Å². The first-order valence-corrected chi connectivity index (χ1v) is 7.62. The Labute approximate surface area is 118 Å². The summed E-state index contributed by atoms with van der Waals surface area (Å²) in [5.74, 6) is 0.695. The summed E-state index contributed by atoms with van der Waals surface area (Å²) in [5.41, 5.74) is 0.465. The Morgan fingerprint density at radius 2 is 1.90 bits per heavy atom.